The Balaban J connectivity index is 1.73. The van der Waals surface area contributed by atoms with Gasteiger partial charge < -0.3 is 25.4 Å². The van der Waals surface area contributed by atoms with Crippen molar-refractivity contribution in [2.75, 3.05) is 40.4 Å². The van der Waals surface area contributed by atoms with Gasteiger partial charge in [-0.1, -0.05) is 17.7 Å². The summed E-state index contributed by atoms with van der Waals surface area (Å²) in [7, 11) is 3.43. The molecule has 0 bridgehead atoms. The molecule has 10 heteroatoms. The van der Waals surface area contributed by atoms with E-state index < -0.39 is 34.3 Å². The van der Waals surface area contributed by atoms with Crippen molar-refractivity contribution < 1.29 is 27.8 Å². The molecule has 1 heterocycles. The normalized spacial score (nSPS) is 24.6. The minimum absolute atomic E-state index is 0.0369. The van der Waals surface area contributed by atoms with Gasteiger partial charge in [-0.15, -0.1) is 0 Å². The first-order chi connectivity index (χ1) is 18.2. The van der Waals surface area contributed by atoms with Crippen molar-refractivity contribution in [1.82, 2.24) is 15.5 Å². The maximum absolute atomic E-state index is 15.2. The van der Waals surface area contributed by atoms with Crippen LogP contribution in [0.3, 0.4) is 0 Å². The van der Waals surface area contributed by atoms with Gasteiger partial charge in [-0.2, -0.15) is 0 Å². The van der Waals surface area contributed by atoms with Crippen LogP contribution in [0.5, 0.6) is 0 Å². The lowest BCUT2D eigenvalue weighted by molar-refractivity contribution is -0.0588. The number of hydrogen-bond donors (Lipinski definition) is 3. The Bertz CT molecular complexity index is 904. The Kier molecular flexibility index (Phi) is 12.0. The van der Waals surface area contributed by atoms with Gasteiger partial charge >= 0.3 is 6.03 Å². The van der Waals surface area contributed by atoms with Crippen LogP contribution in [0.2, 0.25) is 5.02 Å². The predicted octanol–water partition coefficient (Wildman–Crippen LogP) is 5.55. The third-order valence-corrected chi connectivity index (χ3v) is 8.56. The number of methoxy groups -OCH3 is 1. The number of likely N-dealkylation sites (N-methyl/N-ethyl adjacent to an activating group) is 1. The molecule has 0 spiro atoms. The lowest BCUT2D eigenvalue weighted by Crippen LogP contribution is -2.54. The average Bonchev–Trinajstić information content (AvgIpc) is 2.91. The molecule has 6 nitrogen and oxygen atoms in total. The fourth-order valence-corrected chi connectivity index (χ4v) is 6.24. The lowest BCUT2D eigenvalue weighted by atomic mass is 9.74. The summed E-state index contributed by atoms with van der Waals surface area (Å²) >= 11 is 5.88. The van der Waals surface area contributed by atoms with Crippen LogP contribution in [-0.4, -0.2) is 68.6 Å². The molecule has 216 valence electrons. The minimum Gasteiger partial charge on any atom is -0.385 e. The first kappa shape index (κ1) is 31.0. The second-order valence-electron chi connectivity index (χ2n) is 10.9. The number of nitrogens with zero attached hydrogens (tertiary/aromatic N) is 1. The van der Waals surface area contributed by atoms with E-state index in [1.54, 1.807) is 12.0 Å². The molecule has 0 radical (unpaired) electrons. The second kappa shape index (κ2) is 14.7. The molecule has 2 fully saturated rings. The molecule has 3 N–H and O–H groups in total. The molecule has 1 aromatic rings. The van der Waals surface area contributed by atoms with Crippen LogP contribution in [-0.2, 0) is 10.3 Å². The molecule has 3 rings (SSSR count). The zero-order valence-corrected chi connectivity index (χ0v) is 23.3. The second-order valence-corrected chi connectivity index (χ2v) is 11.3. The number of rotatable bonds is 12. The monoisotopic (exact) mass is 561 g/mol. The molecular weight excluding hydrogens is 519 g/mol. The van der Waals surface area contributed by atoms with Gasteiger partial charge in [-0.25, -0.2) is 18.0 Å². The molecule has 0 aromatic heterocycles. The minimum atomic E-state index is -1.62. The molecule has 1 aromatic carbocycles. The fraction of sp³-hybridized carbons (Fsp3) is 0.750. The van der Waals surface area contributed by atoms with E-state index in [9.17, 15) is 18.7 Å². The van der Waals surface area contributed by atoms with Gasteiger partial charge in [0.2, 0.25) is 0 Å². The van der Waals surface area contributed by atoms with E-state index in [2.05, 4.69) is 10.6 Å². The number of carbonyl (C=O) groups excluding carboxylic acids is 1. The maximum Gasteiger partial charge on any atom is 0.317 e. The molecular formula is C28H43ClF3N3O3. The number of urea groups is 1. The van der Waals surface area contributed by atoms with Gasteiger partial charge in [0.05, 0.1) is 5.60 Å². The van der Waals surface area contributed by atoms with E-state index in [-0.39, 0.29) is 30.6 Å². The zero-order chi connectivity index (χ0) is 27.7. The van der Waals surface area contributed by atoms with Gasteiger partial charge in [0.25, 0.3) is 0 Å². The van der Waals surface area contributed by atoms with Gasteiger partial charge in [0.15, 0.2) is 5.82 Å². The molecule has 38 heavy (non-hydrogen) atoms. The highest BCUT2D eigenvalue weighted by Gasteiger charge is 2.43. The van der Waals surface area contributed by atoms with Crippen molar-refractivity contribution in [1.29, 1.82) is 0 Å². The standard InChI is InChI=1S/C28H43ClF3N3O3/c1-33-17-22(16-19-7-9-21(30)10-8-19)34-27(36)35-14-5-6-20(18-35)28(37,13-3-4-15-38-2)23-11-12-24(31)25(29)26(23)32/h11-12,19-22,33,37H,3-10,13-18H2,1-2H3,(H,34,36)/t19?,20-,21?,22?,28+/m1/s1. The van der Waals surface area contributed by atoms with E-state index in [1.807, 2.05) is 7.05 Å². The van der Waals surface area contributed by atoms with Crippen molar-refractivity contribution in [3.63, 3.8) is 0 Å². The van der Waals surface area contributed by atoms with E-state index >= 15 is 4.39 Å². The number of likely N-dealkylation sites (tertiary alicyclic amines) is 1. The SMILES string of the molecule is CNCC(CC1CCC(F)CC1)NC(=O)N1CCC[C@@H]([C@@](O)(CCCCOC)c2ccc(F)c(Cl)c2F)C1. The molecule has 1 aliphatic carbocycles. The molecule has 1 saturated heterocycles. The summed E-state index contributed by atoms with van der Waals surface area (Å²) in [6.07, 6.45) is 5.55. The largest absolute Gasteiger partial charge is 0.385 e. The summed E-state index contributed by atoms with van der Waals surface area (Å²) in [5.74, 6) is -1.92. The fourth-order valence-electron chi connectivity index (χ4n) is 6.08. The highest BCUT2D eigenvalue weighted by molar-refractivity contribution is 6.31. The van der Waals surface area contributed by atoms with Crippen molar-refractivity contribution >= 4 is 17.6 Å². The number of piperidine rings is 1. The maximum atomic E-state index is 15.2. The summed E-state index contributed by atoms with van der Waals surface area (Å²) in [6, 6.07) is 2.01. The molecule has 2 aliphatic rings. The first-order valence-electron chi connectivity index (χ1n) is 13.9. The van der Waals surface area contributed by atoms with E-state index in [1.165, 1.54) is 6.07 Å². The summed E-state index contributed by atoms with van der Waals surface area (Å²) < 4.78 is 47.8. The number of hydrogen-bond acceptors (Lipinski definition) is 4. The molecule has 2 amide bonds. The highest BCUT2D eigenvalue weighted by atomic mass is 35.5. The van der Waals surface area contributed by atoms with Crippen LogP contribution in [0.4, 0.5) is 18.0 Å². The Morgan fingerprint density at radius 3 is 2.66 bits per heavy atom. The number of nitrogens with one attached hydrogen (secondary N) is 2. The van der Waals surface area contributed by atoms with Crippen LogP contribution in [0, 0.1) is 23.5 Å². The van der Waals surface area contributed by atoms with Crippen molar-refractivity contribution in [2.45, 2.75) is 82.0 Å². The quantitative estimate of drug-likeness (QED) is 0.231. The summed E-state index contributed by atoms with van der Waals surface area (Å²) in [5.41, 5.74) is -1.66. The molecule has 1 unspecified atom stereocenters. The number of carbonyl (C=O) groups is 1. The van der Waals surface area contributed by atoms with Crippen LogP contribution in [0.1, 0.15) is 69.8 Å². The smallest absolute Gasteiger partial charge is 0.317 e. The molecule has 3 atom stereocenters. The Morgan fingerprint density at radius 1 is 1.24 bits per heavy atom. The van der Waals surface area contributed by atoms with E-state index in [0.717, 1.165) is 25.3 Å². The van der Waals surface area contributed by atoms with Gasteiger partial charge in [0, 0.05) is 50.9 Å². The molecule has 1 aliphatic heterocycles. The Labute approximate surface area is 229 Å². The summed E-state index contributed by atoms with van der Waals surface area (Å²) in [4.78, 5) is 15.0. The number of alkyl halides is 1. The molecule has 1 saturated carbocycles. The van der Waals surface area contributed by atoms with Gasteiger partial charge in [-0.05, 0) is 83.2 Å². The number of aliphatic hydroxyl groups is 1. The van der Waals surface area contributed by atoms with Crippen LogP contribution in [0.15, 0.2) is 12.1 Å². The van der Waals surface area contributed by atoms with Crippen LogP contribution in [0.25, 0.3) is 0 Å². The zero-order valence-electron chi connectivity index (χ0n) is 22.6. The Morgan fingerprint density at radius 2 is 1.97 bits per heavy atom. The third kappa shape index (κ3) is 7.99. The van der Waals surface area contributed by atoms with Crippen LogP contribution >= 0.6 is 11.6 Å². The van der Waals surface area contributed by atoms with Gasteiger partial charge in [-0.3, -0.25) is 0 Å². The summed E-state index contributed by atoms with van der Waals surface area (Å²) in [5, 5.41) is 17.6. The first-order valence-corrected chi connectivity index (χ1v) is 14.3. The van der Waals surface area contributed by atoms with Crippen molar-refractivity contribution in [3.8, 4) is 0 Å². The number of amides is 2. The number of ether oxygens (including phenoxy) is 1. The highest BCUT2D eigenvalue weighted by Crippen LogP contribution is 2.42. The van der Waals surface area contributed by atoms with Crippen molar-refractivity contribution in [2.24, 2.45) is 11.8 Å². The average molecular weight is 562 g/mol. The predicted molar refractivity (Wildman–Crippen MR) is 143 cm³/mol. The van der Waals surface area contributed by atoms with Crippen LogP contribution < -0.4 is 10.6 Å². The Hall–Kier alpha value is -1.55. The number of unbranched alkanes of at least 4 members (excludes halogenated alkanes) is 1. The third-order valence-electron chi connectivity index (χ3n) is 8.21. The number of halogens is 4. The lowest BCUT2D eigenvalue weighted by Gasteiger charge is -2.43. The van der Waals surface area contributed by atoms with E-state index in [4.69, 9.17) is 16.3 Å². The van der Waals surface area contributed by atoms with Gasteiger partial charge in [0.1, 0.15) is 17.0 Å². The number of benzene rings is 1. The van der Waals surface area contributed by atoms with Crippen molar-refractivity contribution in [3.05, 3.63) is 34.4 Å². The topological polar surface area (TPSA) is 73.8 Å². The summed E-state index contributed by atoms with van der Waals surface area (Å²) in [6.45, 7) is 1.86. The van der Waals surface area contributed by atoms with E-state index in [0.29, 0.717) is 64.1 Å².